The predicted molar refractivity (Wildman–Crippen MR) is 71.9 cm³/mol. The van der Waals surface area contributed by atoms with Crippen molar-refractivity contribution in [3.63, 3.8) is 0 Å². The Balaban J connectivity index is 2.26. The first-order valence-electron chi connectivity index (χ1n) is 6.30. The molecule has 1 atom stereocenters. The molecule has 1 aromatic rings. The number of carbonyl (C=O) groups is 1. The molecule has 0 aliphatic rings. The van der Waals surface area contributed by atoms with Gasteiger partial charge < -0.3 is 20.7 Å². The van der Waals surface area contributed by atoms with Gasteiger partial charge in [0, 0.05) is 0 Å². The first kappa shape index (κ1) is 15.5. The molecule has 0 bridgehead atoms. The molecule has 1 aromatic carbocycles. The van der Waals surface area contributed by atoms with E-state index in [0.29, 0.717) is 25.2 Å². The maximum Gasteiger partial charge on any atom is 0.323 e. The van der Waals surface area contributed by atoms with Crippen LogP contribution in [0.4, 0.5) is 0 Å². The van der Waals surface area contributed by atoms with Crippen molar-refractivity contribution in [2.24, 2.45) is 5.73 Å². The van der Waals surface area contributed by atoms with Crippen LogP contribution in [0.3, 0.4) is 0 Å². The van der Waals surface area contributed by atoms with Crippen LogP contribution in [0.2, 0.25) is 0 Å². The Morgan fingerprint density at radius 1 is 1.42 bits per heavy atom. The second kappa shape index (κ2) is 7.11. The molecule has 0 spiro atoms. The Kier molecular flexibility index (Phi) is 5.79. The minimum Gasteiger partial charge on any atom is -0.494 e. The van der Waals surface area contributed by atoms with Gasteiger partial charge in [0.2, 0.25) is 0 Å². The normalized spacial score (nSPS) is 13.8. The number of aliphatic carboxylic acids is 1. The number of unbranched alkanes of at least 4 members (excludes halogenated alkanes) is 1. The van der Waals surface area contributed by atoms with E-state index >= 15 is 0 Å². The van der Waals surface area contributed by atoms with Crippen LogP contribution in [0.15, 0.2) is 24.3 Å². The lowest BCUT2D eigenvalue weighted by Gasteiger charge is -2.18. The average Bonchev–Trinajstić information content (AvgIpc) is 2.38. The maximum absolute atomic E-state index is 10.8. The fourth-order valence-electron chi connectivity index (χ4n) is 1.62. The third kappa shape index (κ3) is 5.28. The third-order valence-corrected chi connectivity index (χ3v) is 2.93. The summed E-state index contributed by atoms with van der Waals surface area (Å²) < 4.78 is 5.52. The standard InChI is InChI=1S/C14H21NO4/c1-14(15,13(17)18)7-2-3-8-19-12-6-4-5-11(9-12)10-16/h4-6,9,16H,2-3,7-8,10,15H2,1H3,(H,17,18). The number of hydrogen-bond donors (Lipinski definition) is 3. The van der Waals surface area contributed by atoms with Gasteiger partial charge in [-0.2, -0.15) is 0 Å². The Morgan fingerprint density at radius 3 is 2.79 bits per heavy atom. The zero-order chi connectivity index (χ0) is 14.3. The van der Waals surface area contributed by atoms with Crippen LogP contribution < -0.4 is 10.5 Å². The van der Waals surface area contributed by atoms with Crippen LogP contribution in [0, 0.1) is 0 Å². The number of aliphatic hydroxyl groups excluding tert-OH is 1. The van der Waals surface area contributed by atoms with E-state index in [-0.39, 0.29) is 6.61 Å². The summed E-state index contributed by atoms with van der Waals surface area (Å²) in [6, 6.07) is 7.25. The highest BCUT2D eigenvalue weighted by Crippen LogP contribution is 2.15. The Bertz CT molecular complexity index is 418. The number of benzene rings is 1. The van der Waals surface area contributed by atoms with Crippen molar-refractivity contribution in [1.29, 1.82) is 0 Å². The molecule has 0 saturated heterocycles. The second-order valence-electron chi connectivity index (χ2n) is 4.83. The molecule has 5 nitrogen and oxygen atoms in total. The first-order valence-corrected chi connectivity index (χ1v) is 6.30. The largest absolute Gasteiger partial charge is 0.494 e. The molecule has 1 rings (SSSR count). The quantitative estimate of drug-likeness (QED) is 0.621. The summed E-state index contributed by atoms with van der Waals surface area (Å²) in [5.74, 6) is -0.274. The molecule has 0 amide bonds. The Labute approximate surface area is 113 Å². The van der Waals surface area contributed by atoms with Gasteiger partial charge in [-0.05, 0) is 43.9 Å². The van der Waals surface area contributed by atoms with E-state index in [1.165, 1.54) is 6.92 Å². The molecule has 1 unspecified atom stereocenters. The first-order chi connectivity index (χ1) is 8.95. The molecule has 0 aromatic heterocycles. The van der Waals surface area contributed by atoms with Crippen LogP contribution in [-0.4, -0.2) is 28.3 Å². The highest BCUT2D eigenvalue weighted by molar-refractivity contribution is 5.77. The van der Waals surface area contributed by atoms with E-state index < -0.39 is 11.5 Å². The molecule has 19 heavy (non-hydrogen) atoms. The summed E-state index contributed by atoms with van der Waals surface area (Å²) in [6.07, 6.45) is 1.85. The predicted octanol–water partition coefficient (Wildman–Crippen LogP) is 1.53. The zero-order valence-electron chi connectivity index (χ0n) is 11.1. The highest BCUT2D eigenvalue weighted by atomic mass is 16.5. The van der Waals surface area contributed by atoms with E-state index in [1.54, 1.807) is 6.07 Å². The average molecular weight is 267 g/mol. The molecule has 0 fully saturated rings. The third-order valence-electron chi connectivity index (χ3n) is 2.93. The monoisotopic (exact) mass is 267 g/mol. The van der Waals surface area contributed by atoms with Gasteiger partial charge in [0.05, 0.1) is 13.2 Å². The summed E-state index contributed by atoms with van der Waals surface area (Å²) in [5, 5.41) is 17.8. The molecule has 106 valence electrons. The second-order valence-corrected chi connectivity index (χ2v) is 4.83. The number of nitrogens with two attached hydrogens (primary N) is 1. The molecule has 4 N–H and O–H groups in total. The molecule has 5 heteroatoms. The minimum absolute atomic E-state index is 0.0126. The van der Waals surface area contributed by atoms with Crippen LogP contribution in [-0.2, 0) is 11.4 Å². The van der Waals surface area contributed by atoms with Gasteiger partial charge in [-0.25, -0.2) is 0 Å². The molecular weight excluding hydrogens is 246 g/mol. The van der Waals surface area contributed by atoms with Gasteiger partial charge in [0.25, 0.3) is 0 Å². The van der Waals surface area contributed by atoms with E-state index in [4.69, 9.17) is 20.7 Å². The smallest absolute Gasteiger partial charge is 0.323 e. The highest BCUT2D eigenvalue weighted by Gasteiger charge is 2.26. The van der Waals surface area contributed by atoms with Crippen molar-refractivity contribution >= 4 is 5.97 Å². The van der Waals surface area contributed by atoms with Gasteiger partial charge in [-0.3, -0.25) is 4.79 Å². The number of carboxylic acid groups (broad SMARTS) is 1. The molecule has 0 heterocycles. The van der Waals surface area contributed by atoms with Crippen molar-refractivity contribution in [3.8, 4) is 5.75 Å². The maximum atomic E-state index is 10.8. The van der Waals surface area contributed by atoms with E-state index in [0.717, 1.165) is 12.0 Å². The van der Waals surface area contributed by atoms with Crippen molar-refractivity contribution < 1.29 is 19.7 Å². The number of rotatable bonds is 8. The Morgan fingerprint density at radius 2 is 2.16 bits per heavy atom. The number of aliphatic hydroxyl groups is 1. The van der Waals surface area contributed by atoms with E-state index in [9.17, 15) is 4.79 Å². The van der Waals surface area contributed by atoms with E-state index in [1.807, 2.05) is 18.2 Å². The summed E-state index contributed by atoms with van der Waals surface area (Å²) in [4.78, 5) is 10.8. The number of ether oxygens (including phenoxy) is 1. The van der Waals surface area contributed by atoms with Crippen molar-refractivity contribution in [1.82, 2.24) is 0 Å². The lowest BCUT2D eigenvalue weighted by atomic mass is 9.97. The van der Waals surface area contributed by atoms with Crippen LogP contribution in [0.25, 0.3) is 0 Å². The summed E-state index contributed by atoms with van der Waals surface area (Å²) in [7, 11) is 0. The minimum atomic E-state index is -1.17. The van der Waals surface area contributed by atoms with Gasteiger partial charge >= 0.3 is 5.97 Å². The lowest BCUT2D eigenvalue weighted by Crippen LogP contribution is -2.44. The lowest BCUT2D eigenvalue weighted by molar-refractivity contribution is -0.142. The zero-order valence-corrected chi connectivity index (χ0v) is 11.1. The SMILES string of the molecule is CC(N)(CCCCOc1cccc(CO)c1)C(=O)O. The van der Waals surface area contributed by atoms with Crippen molar-refractivity contribution in [2.45, 2.75) is 38.3 Å². The van der Waals surface area contributed by atoms with Gasteiger partial charge in [0.15, 0.2) is 0 Å². The van der Waals surface area contributed by atoms with E-state index in [2.05, 4.69) is 0 Å². The van der Waals surface area contributed by atoms with Crippen LogP contribution in [0.1, 0.15) is 31.7 Å². The fourth-order valence-corrected chi connectivity index (χ4v) is 1.62. The fraction of sp³-hybridized carbons (Fsp3) is 0.500. The summed E-state index contributed by atoms with van der Waals surface area (Å²) in [6.45, 7) is 2.01. The van der Waals surface area contributed by atoms with Gasteiger partial charge in [0.1, 0.15) is 11.3 Å². The number of hydrogen-bond acceptors (Lipinski definition) is 4. The molecule has 0 aliphatic carbocycles. The van der Waals surface area contributed by atoms with Gasteiger partial charge in [-0.1, -0.05) is 12.1 Å². The van der Waals surface area contributed by atoms with Crippen molar-refractivity contribution in [2.75, 3.05) is 6.61 Å². The van der Waals surface area contributed by atoms with Gasteiger partial charge in [-0.15, -0.1) is 0 Å². The molecular formula is C14H21NO4. The topological polar surface area (TPSA) is 92.8 Å². The Hall–Kier alpha value is -1.59. The summed E-state index contributed by atoms with van der Waals surface area (Å²) in [5.41, 5.74) is 5.26. The van der Waals surface area contributed by atoms with Crippen molar-refractivity contribution in [3.05, 3.63) is 29.8 Å². The molecule has 0 aliphatic heterocycles. The number of carboxylic acids is 1. The van der Waals surface area contributed by atoms with Crippen LogP contribution >= 0.6 is 0 Å². The molecule has 0 saturated carbocycles. The summed E-state index contributed by atoms with van der Waals surface area (Å²) >= 11 is 0. The molecule has 0 radical (unpaired) electrons. The van der Waals surface area contributed by atoms with Crippen LogP contribution in [0.5, 0.6) is 5.75 Å².